The largest absolute Gasteiger partial charge is 0.371 e. The van der Waals surface area contributed by atoms with Gasteiger partial charge in [0.1, 0.15) is 5.71 Å². The average Bonchev–Trinajstić information content (AvgIpc) is 2.91. The molecule has 3 heteroatoms. The van der Waals surface area contributed by atoms with Crippen molar-refractivity contribution in [2.24, 2.45) is 10.9 Å². The average molecular weight is 291 g/mol. The van der Waals surface area contributed by atoms with Crippen LogP contribution in [0.3, 0.4) is 0 Å². The van der Waals surface area contributed by atoms with Crippen LogP contribution in [0.4, 0.5) is 0 Å². The molecular weight excluding hydrogens is 270 g/mol. The van der Waals surface area contributed by atoms with Gasteiger partial charge in [0.05, 0.1) is 5.70 Å². The molecule has 0 spiro atoms. The lowest BCUT2D eigenvalue weighted by atomic mass is 10.0. The van der Waals surface area contributed by atoms with Gasteiger partial charge in [0.15, 0.2) is 0 Å². The summed E-state index contributed by atoms with van der Waals surface area (Å²) in [6.45, 7) is 6.27. The van der Waals surface area contributed by atoms with Crippen molar-refractivity contribution in [3.8, 4) is 0 Å². The minimum atomic E-state index is 0.878. The normalized spacial score (nSPS) is 15.3. The zero-order chi connectivity index (χ0) is 15.5. The van der Waals surface area contributed by atoms with Gasteiger partial charge in [-0.2, -0.15) is 5.10 Å². The van der Waals surface area contributed by atoms with Gasteiger partial charge in [-0.25, -0.2) is 0 Å². The third kappa shape index (κ3) is 2.19. The van der Waals surface area contributed by atoms with Gasteiger partial charge < -0.3 is 10.7 Å². The predicted octanol–water partition coefficient (Wildman–Crippen LogP) is 3.57. The van der Waals surface area contributed by atoms with Crippen molar-refractivity contribution in [3.05, 3.63) is 71.3 Å². The smallest absolute Gasteiger partial charge is 0.100 e. The van der Waals surface area contributed by atoms with Crippen LogP contribution < -0.4 is 5.84 Å². The maximum absolute atomic E-state index is 5.76. The first-order valence-corrected chi connectivity index (χ1v) is 7.74. The van der Waals surface area contributed by atoms with Crippen LogP contribution in [0.2, 0.25) is 0 Å². The lowest BCUT2D eigenvalue weighted by molar-refractivity contribution is 0.444. The van der Waals surface area contributed by atoms with Crippen LogP contribution in [0.25, 0.3) is 11.3 Å². The van der Waals surface area contributed by atoms with Crippen molar-refractivity contribution >= 4 is 17.0 Å². The first-order chi connectivity index (χ1) is 10.8. The Kier molecular flexibility index (Phi) is 3.96. The second-order valence-electron chi connectivity index (χ2n) is 5.29. The molecule has 1 aliphatic carbocycles. The van der Waals surface area contributed by atoms with E-state index in [0.29, 0.717) is 0 Å². The molecule has 0 radical (unpaired) electrons. The molecule has 2 N–H and O–H groups in total. The van der Waals surface area contributed by atoms with Crippen LogP contribution in [-0.4, -0.2) is 23.7 Å². The zero-order valence-electron chi connectivity index (χ0n) is 13.1. The molecule has 22 heavy (non-hydrogen) atoms. The summed E-state index contributed by atoms with van der Waals surface area (Å²) < 4.78 is 0. The number of hydrogen-bond donors (Lipinski definition) is 1. The highest BCUT2D eigenvalue weighted by molar-refractivity contribution is 6.41. The quantitative estimate of drug-likeness (QED) is 0.691. The summed E-state index contributed by atoms with van der Waals surface area (Å²) in [5.74, 6) is 5.76. The van der Waals surface area contributed by atoms with Gasteiger partial charge >= 0.3 is 0 Å². The molecule has 1 aliphatic rings. The third-order valence-corrected chi connectivity index (χ3v) is 4.18. The molecule has 3 rings (SSSR count). The van der Waals surface area contributed by atoms with E-state index in [1.54, 1.807) is 0 Å². The second kappa shape index (κ2) is 6.06. The Labute approximate surface area is 131 Å². The fourth-order valence-electron chi connectivity index (χ4n) is 3.16. The molecule has 0 aromatic heterocycles. The van der Waals surface area contributed by atoms with Gasteiger partial charge in [0, 0.05) is 29.8 Å². The summed E-state index contributed by atoms with van der Waals surface area (Å²) >= 11 is 0. The highest BCUT2D eigenvalue weighted by Crippen LogP contribution is 2.40. The second-order valence-corrected chi connectivity index (χ2v) is 5.29. The van der Waals surface area contributed by atoms with Crippen LogP contribution in [0, 0.1) is 0 Å². The lowest BCUT2D eigenvalue weighted by Crippen LogP contribution is -2.21. The summed E-state index contributed by atoms with van der Waals surface area (Å²) in [4.78, 5) is 2.37. The van der Waals surface area contributed by atoms with Crippen molar-refractivity contribution in [2.75, 3.05) is 13.1 Å². The molecule has 2 aromatic carbocycles. The molecule has 0 fully saturated rings. The first-order valence-electron chi connectivity index (χ1n) is 7.74. The van der Waals surface area contributed by atoms with Crippen molar-refractivity contribution in [1.29, 1.82) is 0 Å². The number of hydrogen-bond acceptors (Lipinski definition) is 3. The Hall–Kier alpha value is -2.55. The molecule has 0 aliphatic heterocycles. The van der Waals surface area contributed by atoms with Gasteiger partial charge in [0.2, 0.25) is 0 Å². The molecular formula is C19H21N3. The van der Waals surface area contributed by atoms with Crippen molar-refractivity contribution in [3.63, 3.8) is 0 Å². The number of benzene rings is 2. The van der Waals surface area contributed by atoms with E-state index in [4.69, 9.17) is 5.84 Å². The fraction of sp³-hybridized carbons (Fsp3) is 0.211. The highest BCUT2D eigenvalue weighted by Gasteiger charge is 2.30. The van der Waals surface area contributed by atoms with Crippen LogP contribution in [-0.2, 0) is 0 Å². The van der Waals surface area contributed by atoms with Crippen LogP contribution in [0.15, 0.2) is 59.7 Å². The van der Waals surface area contributed by atoms with Crippen LogP contribution in [0.1, 0.15) is 30.5 Å². The SMILES string of the molecule is CCN(CC)C1=C(c2ccccc2)C(=NN)c2ccccc21. The molecule has 0 atom stereocenters. The van der Waals surface area contributed by atoms with Gasteiger partial charge in [0.25, 0.3) is 0 Å². The topological polar surface area (TPSA) is 41.6 Å². The highest BCUT2D eigenvalue weighted by atomic mass is 15.2. The molecule has 0 heterocycles. The van der Waals surface area contributed by atoms with Gasteiger partial charge in [-0.3, -0.25) is 0 Å². The van der Waals surface area contributed by atoms with Crippen molar-refractivity contribution in [1.82, 2.24) is 4.90 Å². The number of allylic oxidation sites excluding steroid dienone is 1. The van der Waals surface area contributed by atoms with Crippen molar-refractivity contribution < 1.29 is 0 Å². The Morgan fingerprint density at radius 2 is 1.45 bits per heavy atom. The van der Waals surface area contributed by atoms with Gasteiger partial charge in [-0.05, 0) is 19.4 Å². The van der Waals surface area contributed by atoms with E-state index in [2.05, 4.69) is 66.3 Å². The maximum Gasteiger partial charge on any atom is 0.100 e. The summed E-state index contributed by atoms with van der Waals surface area (Å²) in [6.07, 6.45) is 0. The van der Waals surface area contributed by atoms with E-state index in [9.17, 15) is 0 Å². The minimum Gasteiger partial charge on any atom is -0.371 e. The molecule has 0 saturated carbocycles. The van der Waals surface area contributed by atoms with E-state index >= 15 is 0 Å². The Bertz CT molecular complexity index is 725. The van der Waals surface area contributed by atoms with Crippen LogP contribution >= 0.6 is 0 Å². The molecule has 2 aromatic rings. The third-order valence-electron chi connectivity index (χ3n) is 4.18. The Morgan fingerprint density at radius 1 is 0.864 bits per heavy atom. The lowest BCUT2D eigenvalue weighted by Gasteiger charge is -2.25. The van der Waals surface area contributed by atoms with Gasteiger partial charge in [-0.15, -0.1) is 0 Å². The fourth-order valence-corrected chi connectivity index (χ4v) is 3.16. The number of nitrogens with zero attached hydrogens (tertiary/aromatic N) is 2. The summed E-state index contributed by atoms with van der Waals surface area (Å²) in [7, 11) is 0. The van der Waals surface area contributed by atoms with E-state index < -0.39 is 0 Å². The summed E-state index contributed by atoms with van der Waals surface area (Å²) in [6, 6.07) is 18.7. The zero-order valence-corrected chi connectivity index (χ0v) is 13.1. The molecule has 0 amide bonds. The molecule has 3 nitrogen and oxygen atoms in total. The van der Waals surface area contributed by atoms with E-state index in [1.165, 1.54) is 11.3 Å². The number of rotatable bonds is 4. The molecule has 112 valence electrons. The Balaban J connectivity index is 2.31. The number of nitrogens with two attached hydrogens (primary N) is 1. The summed E-state index contributed by atoms with van der Waals surface area (Å²) in [5.41, 5.74) is 6.73. The van der Waals surface area contributed by atoms with E-state index in [0.717, 1.165) is 35.5 Å². The van der Waals surface area contributed by atoms with Crippen molar-refractivity contribution in [2.45, 2.75) is 13.8 Å². The maximum atomic E-state index is 5.76. The van der Waals surface area contributed by atoms with Crippen LogP contribution in [0.5, 0.6) is 0 Å². The number of fused-ring (bicyclic) bond motifs is 1. The molecule has 0 unspecified atom stereocenters. The minimum absolute atomic E-state index is 0.878. The molecule has 0 saturated heterocycles. The summed E-state index contributed by atoms with van der Waals surface area (Å²) in [5, 5.41) is 4.12. The predicted molar refractivity (Wildman–Crippen MR) is 93.3 cm³/mol. The Morgan fingerprint density at radius 3 is 2.05 bits per heavy atom. The van der Waals surface area contributed by atoms with E-state index in [-0.39, 0.29) is 0 Å². The number of hydrazone groups is 1. The first kappa shape index (κ1) is 14.4. The standard InChI is InChI=1S/C19H21N3/c1-3-22(4-2)19-16-13-9-8-12-15(16)18(21-20)17(19)14-10-6-5-7-11-14/h5-13H,3-4,20H2,1-2H3. The molecule has 0 bridgehead atoms. The monoisotopic (exact) mass is 291 g/mol. The van der Waals surface area contributed by atoms with Gasteiger partial charge in [-0.1, -0.05) is 54.6 Å². The van der Waals surface area contributed by atoms with E-state index in [1.807, 2.05) is 12.1 Å².